The van der Waals surface area contributed by atoms with Gasteiger partial charge < -0.3 is 16.4 Å². The Morgan fingerprint density at radius 3 is 2.40 bits per heavy atom. The van der Waals surface area contributed by atoms with E-state index in [0.29, 0.717) is 37.1 Å². The number of nitrogens with one attached hydrogen (secondary N) is 2. The van der Waals surface area contributed by atoms with Crippen molar-refractivity contribution in [3.8, 4) is 0 Å². The minimum Gasteiger partial charge on any atom is -0.383 e. The molecule has 1 heterocycles. The Hall–Kier alpha value is -2.82. The number of halogens is 5. The SMILES string of the molecule is C[C@H](NC(=O)C1CC2CC(c3nn(C)c(N)c3C(=O)Nc3ccc(F)c(Cl)c3)CC2C1)C(F)(F)F. The maximum Gasteiger partial charge on any atom is 0.408 e. The highest BCUT2D eigenvalue weighted by molar-refractivity contribution is 6.31. The minimum atomic E-state index is -4.48. The van der Waals surface area contributed by atoms with E-state index < -0.39 is 35.8 Å². The van der Waals surface area contributed by atoms with E-state index in [2.05, 4.69) is 15.7 Å². The Morgan fingerprint density at radius 1 is 1.20 bits per heavy atom. The fourth-order valence-corrected chi connectivity index (χ4v) is 5.49. The number of carbonyl (C=O) groups excluding carboxylic acids is 2. The lowest BCUT2D eigenvalue weighted by atomic mass is 9.93. The molecule has 12 heteroatoms. The number of anilines is 2. The molecule has 1 aromatic carbocycles. The predicted molar refractivity (Wildman–Crippen MR) is 122 cm³/mol. The predicted octanol–water partition coefficient (Wildman–Crippen LogP) is 4.63. The Morgan fingerprint density at radius 2 is 1.83 bits per heavy atom. The van der Waals surface area contributed by atoms with Gasteiger partial charge in [0.25, 0.3) is 5.91 Å². The molecular weight excluding hydrogens is 490 g/mol. The van der Waals surface area contributed by atoms with Crippen LogP contribution in [-0.2, 0) is 11.8 Å². The third-order valence-electron chi connectivity index (χ3n) is 7.15. The van der Waals surface area contributed by atoms with Gasteiger partial charge in [-0.1, -0.05) is 11.6 Å². The summed E-state index contributed by atoms with van der Waals surface area (Å²) in [6, 6.07) is 1.94. The van der Waals surface area contributed by atoms with E-state index in [1.807, 2.05) is 0 Å². The second-order valence-corrected chi connectivity index (χ2v) is 9.89. The third-order valence-corrected chi connectivity index (χ3v) is 7.44. The van der Waals surface area contributed by atoms with Gasteiger partial charge in [0, 0.05) is 24.6 Å². The fourth-order valence-electron chi connectivity index (χ4n) is 5.31. The molecule has 4 N–H and O–H groups in total. The lowest BCUT2D eigenvalue weighted by molar-refractivity contribution is -0.159. The normalized spacial score (nSPS) is 24.8. The Bertz CT molecular complexity index is 1140. The van der Waals surface area contributed by atoms with Crippen molar-refractivity contribution in [3.63, 3.8) is 0 Å². The number of nitrogens with zero attached hydrogens (tertiary/aromatic N) is 2. The molecule has 0 radical (unpaired) electrons. The van der Waals surface area contributed by atoms with Crippen LogP contribution in [0.4, 0.5) is 29.1 Å². The quantitative estimate of drug-likeness (QED) is 0.505. The molecule has 2 fully saturated rings. The van der Waals surface area contributed by atoms with Crippen LogP contribution >= 0.6 is 11.6 Å². The van der Waals surface area contributed by atoms with E-state index in [4.69, 9.17) is 17.3 Å². The van der Waals surface area contributed by atoms with Crippen LogP contribution in [0, 0.1) is 23.6 Å². The van der Waals surface area contributed by atoms with Crippen molar-refractivity contribution in [1.29, 1.82) is 0 Å². The molecule has 2 saturated carbocycles. The summed E-state index contributed by atoms with van der Waals surface area (Å²) in [4.78, 5) is 25.4. The van der Waals surface area contributed by atoms with E-state index in [1.54, 1.807) is 7.05 Å². The summed E-state index contributed by atoms with van der Waals surface area (Å²) in [5.41, 5.74) is 7.22. The summed E-state index contributed by atoms with van der Waals surface area (Å²) >= 11 is 5.80. The van der Waals surface area contributed by atoms with Gasteiger partial charge in [-0.05, 0) is 62.6 Å². The Kier molecular flexibility index (Phi) is 6.74. The number of nitrogens with two attached hydrogens (primary N) is 1. The maximum absolute atomic E-state index is 13.4. The first-order valence-electron chi connectivity index (χ1n) is 11.3. The number of fused-ring (bicyclic) bond motifs is 1. The van der Waals surface area contributed by atoms with Gasteiger partial charge >= 0.3 is 6.18 Å². The molecule has 35 heavy (non-hydrogen) atoms. The van der Waals surface area contributed by atoms with E-state index in [0.717, 1.165) is 13.0 Å². The van der Waals surface area contributed by atoms with Crippen LogP contribution in [0.5, 0.6) is 0 Å². The summed E-state index contributed by atoms with van der Waals surface area (Å²) in [6.07, 6.45) is -2.18. The molecule has 1 aromatic heterocycles. The Labute approximate surface area is 204 Å². The molecule has 2 unspecified atom stereocenters. The first-order valence-corrected chi connectivity index (χ1v) is 11.7. The molecule has 3 atom stereocenters. The number of alkyl halides is 3. The van der Waals surface area contributed by atoms with Crippen molar-refractivity contribution in [3.05, 3.63) is 40.3 Å². The van der Waals surface area contributed by atoms with Gasteiger partial charge in [-0.15, -0.1) is 0 Å². The van der Waals surface area contributed by atoms with Gasteiger partial charge in [-0.3, -0.25) is 14.3 Å². The number of aromatic nitrogens is 2. The van der Waals surface area contributed by atoms with Crippen LogP contribution in [0.3, 0.4) is 0 Å². The highest BCUT2D eigenvalue weighted by Crippen LogP contribution is 2.53. The summed E-state index contributed by atoms with van der Waals surface area (Å²) in [5.74, 6) is -1.74. The zero-order valence-electron chi connectivity index (χ0n) is 19.1. The fraction of sp³-hybridized carbons (Fsp3) is 0.522. The van der Waals surface area contributed by atoms with Gasteiger partial charge in [-0.25, -0.2) is 4.39 Å². The number of hydrogen-bond donors (Lipinski definition) is 3. The lowest BCUT2D eigenvalue weighted by Gasteiger charge is -2.20. The highest BCUT2D eigenvalue weighted by atomic mass is 35.5. The number of rotatable bonds is 5. The van der Waals surface area contributed by atoms with Crippen LogP contribution in [0.15, 0.2) is 18.2 Å². The summed E-state index contributed by atoms with van der Waals surface area (Å²) in [5, 5.41) is 9.10. The Balaban J connectivity index is 1.45. The molecule has 7 nitrogen and oxygen atoms in total. The summed E-state index contributed by atoms with van der Waals surface area (Å²) in [7, 11) is 1.63. The molecule has 2 aliphatic rings. The monoisotopic (exact) mass is 515 g/mol. The van der Waals surface area contributed by atoms with E-state index in [9.17, 15) is 27.2 Å². The van der Waals surface area contributed by atoms with Gasteiger partial charge in [0.1, 0.15) is 23.2 Å². The van der Waals surface area contributed by atoms with Gasteiger partial charge in [0.15, 0.2) is 0 Å². The molecule has 2 aliphatic carbocycles. The lowest BCUT2D eigenvalue weighted by Crippen LogP contribution is -2.45. The van der Waals surface area contributed by atoms with Crippen molar-refractivity contribution >= 4 is 34.9 Å². The van der Waals surface area contributed by atoms with Gasteiger partial charge in [-0.2, -0.15) is 18.3 Å². The maximum atomic E-state index is 13.4. The number of carbonyl (C=O) groups is 2. The smallest absolute Gasteiger partial charge is 0.383 e. The van der Waals surface area contributed by atoms with E-state index in [1.165, 1.54) is 16.8 Å². The van der Waals surface area contributed by atoms with Crippen LogP contribution in [-0.4, -0.2) is 33.8 Å². The largest absolute Gasteiger partial charge is 0.408 e. The van der Waals surface area contributed by atoms with E-state index >= 15 is 0 Å². The van der Waals surface area contributed by atoms with Crippen LogP contribution < -0.4 is 16.4 Å². The molecule has 0 bridgehead atoms. The second-order valence-electron chi connectivity index (χ2n) is 9.48. The molecule has 2 aromatic rings. The molecule has 0 spiro atoms. The van der Waals surface area contributed by atoms with Crippen molar-refractivity contribution in [2.75, 3.05) is 11.1 Å². The molecule has 4 rings (SSSR count). The van der Waals surface area contributed by atoms with Gasteiger partial charge in [0.2, 0.25) is 5.91 Å². The average Bonchev–Trinajstić information content (AvgIpc) is 3.42. The van der Waals surface area contributed by atoms with Gasteiger partial charge in [0.05, 0.1) is 10.7 Å². The molecule has 0 aliphatic heterocycles. The highest BCUT2D eigenvalue weighted by Gasteiger charge is 2.47. The van der Waals surface area contributed by atoms with Crippen molar-refractivity contribution in [2.24, 2.45) is 24.8 Å². The second kappa shape index (κ2) is 9.33. The number of hydrogen-bond acceptors (Lipinski definition) is 4. The third kappa shape index (κ3) is 5.10. The zero-order valence-corrected chi connectivity index (χ0v) is 19.9. The minimum absolute atomic E-state index is 0.0795. The van der Waals surface area contributed by atoms with E-state index in [-0.39, 0.29) is 34.2 Å². The van der Waals surface area contributed by atoms with Crippen molar-refractivity contribution < 1.29 is 27.2 Å². The zero-order chi connectivity index (χ0) is 25.7. The molecule has 0 saturated heterocycles. The summed E-state index contributed by atoms with van der Waals surface area (Å²) in [6.45, 7) is 0.932. The number of amides is 2. The van der Waals surface area contributed by atoms with Crippen LogP contribution in [0.25, 0.3) is 0 Å². The van der Waals surface area contributed by atoms with Crippen molar-refractivity contribution in [2.45, 2.75) is 50.7 Å². The number of benzene rings is 1. The first kappa shape index (κ1) is 25.3. The average molecular weight is 516 g/mol. The summed E-state index contributed by atoms with van der Waals surface area (Å²) < 4.78 is 53.2. The standard InChI is InChI=1S/C23H26ClF4N5O2/c1-10(23(26,27)28)30-21(34)14-7-11-5-13(6-12(11)8-14)19-18(20(29)33(2)32-19)22(35)31-15-3-4-17(25)16(24)9-15/h3-4,9-14H,5-8,29H2,1-2H3,(H,30,34)(H,31,35)/t10-,11?,12?,13?,14?/m0/s1. The molecule has 2 amide bonds. The number of aryl methyl sites for hydroxylation is 1. The molecule has 190 valence electrons. The van der Waals surface area contributed by atoms with Crippen LogP contribution in [0.2, 0.25) is 5.02 Å². The van der Waals surface area contributed by atoms with Crippen LogP contribution in [0.1, 0.15) is 54.6 Å². The first-order chi connectivity index (χ1) is 16.3. The molecular formula is C23H26ClF4N5O2. The topological polar surface area (TPSA) is 102 Å². The number of nitrogen functional groups attached to an aromatic ring is 1. The van der Waals surface area contributed by atoms with Crippen molar-refractivity contribution in [1.82, 2.24) is 15.1 Å².